The average Bonchev–Trinajstić information content (AvgIpc) is 2.36. The van der Waals surface area contributed by atoms with Gasteiger partial charge in [-0.15, -0.1) is 0 Å². The zero-order valence-corrected chi connectivity index (χ0v) is 11.8. The van der Waals surface area contributed by atoms with Crippen molar-refractivity contribution in [1.29, 1.82) is 0 Å². The largest absolute Gasteiger partial charge is 0.372 e. The van der Waals surface area contributed by atoms with Crippen LogP contribution >= 0.6 is 0 Å². The van der Waals surface area contributed by atoms with Crippen molar-refractivity contribution in [3.05, 3.63) is 22.6 Å². The Morgan fingerprint density at radius 2 is 2.32 bits per heavy atom. The summed E-state index contributed by atoms with van der Waals surface area (Å²) in [6, 6.07) is 1.66. The Balaban J connectivity index is 2.13. The molecule has 0 atom stereocenters. The molecule has 1 aliphatic rings. The molecule has 0 radical (unpaired) electrons. The maximum Gasteiger partial charge on any atom is 0.268 e. The Morgan fingerprint density at radius 3 is 2.95 bits per heavy atom. The van der Waals surface area contributed by atoms with E-state index in [1.165, 1.54) is 4.68 Å². The number of aromatic nitrogens is 2. The number of nitrogens with zero attached hydrogens (tertiary/aromatic N) is 3. The molecule has 6 nitrogen and oxygen atoms in total. The van der Waals surface area contributed by atoms with Crippen LogP contribution in [0.25, 0.3) is 0 Å². The van der Waals surface area contributed by atoms with Gasteiger partial charge in [0.05, 0.1) is 30.6 Å². The van der Waals surface area contributed by atoms with Crippen molar-refractivity contribution in [3.63, 3.8) is 0 Å². The summed E-state index contributed by atoms with van der Waals surface area (Å²) < 4.78 is 7.15. The van der Waals surface area contributed by atoms with Crippen LogP contribution in [0.4, 0.5) is 5.69 Å². The molecule has 0 bridgehead atoms. The van der Waals surface area contributed by atoms with Gasteiger partial charge in [-0.05, 0) is 20.9 Å². The van der Waals surface area contributed by atoms with Gasteiger partial charge < -0.3 is 15.0 Å². The molecule has 2 rings (SSSR count). The van der Waals surface area contributed by atoms with E-state index in [1.807, 2.05) is 7.05 Å². The van der Waals surface area contributed by atoms with Crippen LogP contribution in [0, 0.1) is 0 Å². The fourth-order valence-electron chi connectivity index (χ4n) is 2.22. The van der Waals surface area contributed by atoms with Gasteiger partial charge in [0, 0.05) is 25.7 Å². The Bertz CT molecular complexity index is 484. The Hall–Kier alpha value is -1.40. The van der Waals surface area contributed by atoms with E-state index in [-0.39, 0.29) is 11.2 Å². The van der Waals surface area contributed by atoms with E-state index < -0.39 is 0 Å². The first-order chi connectivity index (χ1) is 9.02. The lowest BCUT2D eigenvalue weighted by molar-refractivity contribution is -0.0277. The third-order valence-electron chi connectivity index (χ3n) is 3.22. The van der Waals surface area contributed by atoms with E-state index in [1.54, 1.807) is 12.3 Å². The summed E-state index contributed by atoms with van der Waals surface area (Å²) in [4.78, 5) is 14.1. The summed E-state index contributed by atoms with van der Waals surface area (Å²) in [6.45, 7) is 7.68. The summed E-state index contributed by atoms with van der Waals surface area (Å²) in [5, 5.41) is 7.23. The highest BCUT2D eigenvalue weighted by molar-refractivity contribution is 5.43. The highest BCUT2D eigenvalue weighted by atomic mass is 16.5. The summed E-state index contributed by atoms with van der Waals surface area (Å²) in [5.41, 5.74) is 0.637. The molecular formula is C13H22N4O2. The minimum absolute atomic E-state index is 0.0583. The van der Waals surface area contributed by atoms with Gasteiger partial charge >= 0.3 is 0 Å². The van der Waals surface area contributed by atoms with Gasteiger partial charge in [0.25, 0.3) is 5.56 Å². The van der Waals surface area contributed by atoms with Crippen molar-refractivity contribution in [1.82, 2.24) is 15.1 Å². The Morgan fingerprint density at radius 1 is 1.53 bits per heavy atom. The molecular weight excluding hydrogens is 244 g/mol. The van der Waals surface area contributed by atoms with Crippen LogP contribution in [0.15, 0.2) is 17.1 Å². The topological polar surface area (TPSA) is 59.4 Å². The summed E-state index contributed by atoms with van der Waals surface area (Å²) in [7, 11) is 1.86. The van der Waals surface area contributed by atoms with Crippen molar-refractivity contribution < 1.29 is 4.74 Å². The average molecular weight is 266 g/mol. The number of likely N-dealkylation sites (N-methyl/N-ethyl adjacent to an activating group) is 1. The molecule has 2 heterocycles. The lowest BCUT2D eigenvalue weighted by Gasteiger charge is -2.39. The number of hydrogen-bond acceptors (Lipinski definition) is 5. The van der Waals surface area contributed by atoms with E-state index in [0.29, 0.717) is 13.2 Å². The van der Waals surface area contributed by atoms with Crippen LogP contribution in [0.1, 0.15) is 13.8 Å². The Labute approximate surface area is 113 Å². The predicted octanol–water partition coefficient (Wildman–Crippen LogP) is 0.0779. The van der Waals surface area contributed by atoms with Crippen LogP contribution in [0.5, 0.6) is 0 Å². The fraction of sp³-hybridized carbons (Fsp3) is 0.692. The van der Waals surface area contributed by atoms with E-state index in [4.69, 9.17) is 4.74 Å². The zero-order chi connectivity index (χ0) is 13.9. The molecule has 0 aliphatic carbocycles. The molecule has 19 heavy (non-hydrogen) atoms. The summed E-state index contributed by atoms with van der Waals surface area (Å²) >= 11 is 0. The highest BCUT2D eigenvalue weighted by Gasteiger charge is 2.27. The predicted molar refractivity (Wildman–Crippen MR) is 74.7 cm³/mol. The maximum atomic E-state index is 12.0. The molecule has 0 aromatic carbocycles. The molecule has 6 heteroatoms. The quantitative estimate of drug-likeness (QED) is 0.836. The van der Waals surface area contributed by atoms with Gasteiger partial charge in [0.1, 0.15) is 0 Å². The van der Waals surface area contributed by atoms with Crippen LogP contribution in [-0.2, 0) is 11.3 Å². The van der Waals surface area contributed by atoms with Gasteiger partial charge in [-0.3, -0.25) is 4.79 Å². The van der Waals surface area contributed by atoms with Crippen LogP contribution in [0.2, 0.25) is 0 Å². The molecule has 1 aromatic rings. The number of nitrogens with one attached hydrogen (secondary N) is 1. The molecule has 0 spiro atoms. The second-order valence-corrected chi connectivity index (χ2v) is 5.41. The smallest absolute Gasteiger partial charge is 0.268 e. The first-order valence-corrected chi connectivity index (χ1v) is 6.62. The van der Waals surface area contributed by atoms with Crippen molar-refractivity contribution in [2.75, 3.05) is 38.2 Å². The molecule has 1 saturated heterocycles. The van der Waals surface area contributed by atoms with Gasteiger partial charge in [0.2, 0.25) is 0 Å². The van der Waals surface area contributed by atoms with Crippen LogP contribution < -0.4 is 15.8 Å². The molecule has 0 amide bonds. The molecule has 1 aliphatic heterocycles. The number of morpholine rings is 1. The van der Waals surface area contributed by atoms with Gasteiger partial charge in [-0.1, -0.05) is 0 Å². The van der Waals surface area contributed by atoms with E-state index in [9.17, 15) is 4.79 Å². The molecule has 0 unspecified atom stereocenters. The standard InChI is InChI=1S/C13H22N4O2/c1-13(2)10-16(6-7-19-13)11-8-12(18)17(15-9-11)5-4-14-3/h8-9,14H,4-7,10H2,1-3H3. The lowest BCUT2D eigenvalue weighted by atomic mass is 10.1. The van der Waals surface area contributed by atoms with Crippen molar-refractivity contribution >= 4 is 5.69 Å². The van der Waals surface area contributed by atoms with Gasteiger partial charge in [-0.2, -0.15) is 5.10 Å². The number of ether oxygens (including phenoxy) is 1. The fourth-order valence-corrected chi connectivity index (χ4v) is 2.22. The van der Waals surface area contributed by atoms with E-state index >= 15 is 0 Å². The van der Waals surface area contributed by atoms with Crippen LogP contribution in [-0.4, -0.2) is 48.7 Å². The SMILES string of the molecule is CNCCn1ncc(N2CCOC(C)(C)C2)cc1=O. The lowest BCUT2D eigenvalue weighted by Crippen LogP contribution is -2.48. The van der Waals surface area contributed by atoms with Gasteiger partial charge in [0.15, 0.2) is 0 Å². The van der Waals surface area contributed by atoms with E-state index in [0.717, 1.165) is 25.3 Å². The maximum absolute atomic E-state index is 12.0. The van der Waals surface area contributed by atoms with Crippen molar-refractivity contribution in [3.8, 4) is 0 Å². The molecule has 106 valence electrons. The number of hydrogen-bond donors (Lipinski definition) is 1. The third kappa shape index (κ3) is 3.54. The van der Waals surface area contributed by atoms with Crippen molar-refractivity contribution in [2.24, 2.45) is 0 Å². The van der Waals surface area contributed by atoms with Crippen molar-refractivity contribution in [2.45, 2.75) is 26.0 Å². The molecule has 1 N–H and O–H groups in total. The minimum Gasteiger partial charge on any atom is -0.372 e. The van der Waals surface area contributed by atoms with E-state index in [2.05, 4.69) is 29.2 Å². The molecule has 1 fully saturated rings. The number of anilines is 1. The monoisotopic (exact) mass is 266 g/mol. The highest BCUT2D eigenvalue weighted by Crippen LogP contribution is 2.21. The number of rotatable bonds is 4. The Kier molecular flexibility index (Phi) is 4.21. The first-order valence-electron chi connectivity index (χ1n) is 6.62. The summed E-state index contributed by atoms with van der Waals surface area (Å²) in [5.74, 6) is 0. The normalized spacial score (nSPS) is 18.6. The second-order valence-electron chi connectivity index (χ2n) is 5.41. The van der Waals surface area contributed by atoms with Crippen LogP contribution in [0.3, 0.4) is 0 Å². The second kappa shape index (κ2) is 5.71. The summed E-state index contributed by atoms with van der Waals surface area (Å²) in [6.07, 6.45) is 1.76. The first kappa shape index (κ1) is 14.0. The van der Waals surface area contributed by atoms with Gasteiger partial charge in [-0.25, -0.2) is 4.68 Å². The zero-order valence-electron chi connectivity index (χ0n) is 11.8. The minimum atomic E-state index is -0.181. The third-order valence-corrected chi connectivity index (χ3v) is 3.22. The molecule has 1 aromatic heterocycles. The molecule has 0 saturated carbocycles.